The lowest BCUT2D eigenvalue weighted by atomic mass is 9.54. The molecular formula is C21H26ClFN2O3. The molecule has 0 heterocycles. The van der Waals surface area contributed by atoms with E-state index >= 15 is 0 Å². The number of nitrogens with two attached hydrogens (primary N) is 1. The molecule has 1 aliphatic rings. The second kappa shape index (κ2) is 8.47. The zero-order valence-corrected chi connectivity index (χ0v) is 17.0. The maximum Gasteiger partial charge on any atom is 0.245 e. The largest absolute Gasteiger partial charge is 0.457 e. The number of nitrogens with one attached hydrogen (secondary N) is 1. The van der Waals surface area contributed by atoms with E-state index in [-0.39, 0.29) is 30.2 Å². The van der Waals surface area contributed by atoms with E-state index in [1.54, 1.807) is 36.4 Å². The number of benzene rings is 2. The van der Waals surface area contributed by atoms with Crippen molar-refractivity contribution in [3.8, 4) is 11.5 Å². The molecule has 3 N–H and O–H groups in total. The van der Waals surface area contributed by atoms with E-state index in [0.717, 1.165) is 0 Å². The van der Waals surface area contributed by atoms with E-state index in [4.69, 9.17) is 15.2 Å². The molecule has 1 fully saturated rings. The van der Waals surface area contributed by atoms with Gasteiger partial charge in [0.2, 0.25) is 5.91 Å². The van der Waals surface area contributed by atoms with Gasteiger partial charge >= 0.3 is 0 Å². The average Bonchev–Trinajstić information content (AvgIpc) is 2.63. The average molecular weight is 409 g/mol. The number of hydrogen-bond acceptors (Lipinski definition) is 4. The topological polar surface area (TPSA) is 73.6 Å². The Balaban J connectivity index is 0.00000280. The minimum Gasteiger partial charge on any atom is -0.457 e. The molecule has 2 unspecified atom stereocenters. The van der Waals surface area contributed by atoms with E-state index < -0.39 is 11.0 Å². The Morgan fingerprint density at radius 1 is 1.21 bits per heavy atom. The minimum absolute atomic E-state index is 0. The molecule has 0 aliphatic heterocycles. The van der Waals surface area contributed by atoms with Crippen molar-refractivity contribution in [1.29, 1.82) is 0 Å². The number of halogens is 2. The monoisotopic (exact) mass is 408 g/mol. The number of rotatable bonds is 6. The molecule has 0 saturated heterocycles. The van der Waals surface area contributed by atoms with Crippen LogP contribution in [-0.2, 0) is 9.53 Å². The smallest absolute Gasteiger partial charge is 0.245 e. The van der Waals surface area contributed by atoms with E-state index in [0.29, 0.717) is 30.2 Å². The molecule has 0 radical (unpaired) electrons. The summed E-state index contributed by atoms with van der Waals surface area (Å²) in [4.78, 5) is 12.7. The molecule has 5 nitrogen and oxygen atoms in total. The Morgan fingerprint density at radius 2 is 1.89 bits per heavy atom. The molecule has 28 heavy (non-hydrogen) atoms. The van der Waals surface area contributed by atoms with Crippen molar-refractivity contribution in [2.24, 2.45) is 11.1 Å². The summed E-state index contributed by atoms with van der Waals surface area (Å²) in [6.07, 6.45) is 0.459. The first-order chi connectivity index (χ1) is 12.8. The van der Waals surface area contributed by atoms with Crippen molar-refractivity contribution >= 4 is 24.0 Å². The van der Waals surface area contributed by atoms with Gasteiger partial charge in [-0.25, -0.2) is 4.39 Å². The summed E-state index contributed by atoms with van der Waals surface area (Å²) < 4.78 is 24.5. The Morgan fingerprint density at radius 3 is 2.46 bits per heavy atom. The molecule has 0 bridgehead atoms. The van der Waals surface area contributed by atoms with Crippen LogP contribution in [0.1, 0.15) is 27.2 Å². The van der Waals surface area contributed by atoms with Crippen molar-refractivity contribution in [2.75, 3.05) is 11.9 Å². The Hall–Kier alpha value is -2.15. The maximum absolute atomic E-state index is 13.2. The predicted octanol–water partition coefficient (Wildman–Crippen LogP) is 4.51. The van der Waals surface area contributed by atoms with Crippen LogP contribution in [0.4, 0.5) is 10.1 Å². The van der Waals surface area contributed by atoms with E-state index in [1.165, 1.54) is 12.1 Å². The lowest BCUT2D eigenvalue weighted by molar-refractivity contribution is -0.166. The van der Waals surface area contributed by atoms with Crippen LogP contribution in [0.15, 0.2) is 48.5 Å². The highest BCUT2D eigenvalue weighted by atomic mass is 35.5. The number of hydrogen-bond donors (Lipinski definition) is 2. The fourth-order valence-electron chi connectivity index (χ4n) is 3.34. The van der Waals surface area contributed by atoms with Crippen molar-refractivity contribution in [1.82, 2.24) is 0 Å². The van der Waals surface area contributed by atoms with Crippen LogP contribution in [0.2, 0.25) is 0 Å². The van der Waals surface area contributed by atoms with E-state index in [1.807, 2.05) is 20.8 Å². The normalized spacial score (nSPS) is 22.5. The molecule has 1 amide bonds. The van der Waals surface area contributed by atoms with Gasteiger partial charge in [-0.1, -0.05) is 19.9 Å². The highest BCUT2D eigenvalue weighted by Gasteiger charge is 2.62. The first-order valence-corrected chi connectivity index (χ1v) is 9.01. The third-order valence-corrected chi connectivity index (χ3v) is 5.38. The second-order valence-electron chi connectivity index (χ2n) is 7.38. The maximum atomic E-state index is 13.2. The van der Waals surface area contributed by atoms with Gasteiger partial charge in [0.15, 0.2) is 0 Å². The van der Waals surface area contributed by atoms with Gasteiger partial charge in [0, 0.05) is 30.2 Å². The number of carbonyl (C=O) groups is 1. The van der Waals surface area contributed by atoms with Gasteiger partial charge in [-0.15, -0.1) is 12.4 Å². The molecule has 1 aliphatic carbocycles. The van der Waals surface area contributed by atoms with Gasteiger partial charge < -0.3 is 20.5 Å². The molecular weight excluding hydrogens is 383 g/mol. The molecule has 3 rings (SSSR count). The number of anilines is 1. The fourth-order valence-corrected chi connectivity index (χ4v) is 3.34. The Bertz CT molecular complexity index is 829. The first-order valence-electron chi connectivity index (χ1n) is 9.01. The van der Waals surface area contributed by atoms with Crippen LogP contribution < -0.4 is 15.8 Å². The van der Waals surface area contributed by atoms with Gasteiger partial charge in [0.1, 0.15) is 22.9 Å². The molecule has 2 atom stereocenters. The Labute approximate surface area is 170 Å². The van der Waals surface area contributed by atoms with Crippen LogP contribution in [0.25, 0.3) is 0 Å². The molecule has 7 heteroatoms. The standard InChI is InChI=1S/C21H25FN2O3.ClH/c1-4-26-18-13-21(23,20(18,2)3)19(25)24-15-8-10-16(11-9-15)27-17-7-5-6-14(22)12-17;/h5-12,18H,4,13,23H2,1-3H3,(H,24,25);1H. The highest BCUT2D eigenvalue weighted by molar-refractivity contribution is 5.99. The van der Waals surface area contributed by atoms with Crippen molar-refractivity contribution in [2.45, 2.75) is 38.8 Å². The minimum atomic E-state index is -0.983. The van der Waals surface area contributed by atoms with E-state index in [2.05, 4.69) is 5.32 Å². The van der Waals surface area contributed by atoms with Gasteiger partial charge in [0.25, 0.3) is 0 Å². The zero-order valence-electron chi connectivity index (χ0n) is 16.2. The SMILES string of the molecule is CCOC1CC(N)(C(=O)Nc2ccc(Oc3cccc(F)c3)cc2)C1(C)C.Cl. The van der Waals surface area contributed by atoms with Crippen molar-refractivity contribution in [3.05, 3.63) is 54.3 Å². The molecule has 2 aromatic carbocycles. The summed E-state index contributed by atoms with van der Waals surface area (Å²) in [7, 11) is 0. The lowest BCUT2D eigenvalue weighted by Gasteiger charge is -2.57. The van der Waals surface area contributed by atoms with Gasteiger partial charge in [-0.3, -0.25) is 4.79 Å². The molecule has 152 valence electrons. The summed E-state index contributed by atoms with van der Waals surface area (Å²) in [6.45, 7) is 6.43. The number of ether oxygens (including phenoxy) is 2. The predicted molar refractivity (Wildman–Crippen MR) is 110 cm³/mol. The van der Waals surface area contributed by atoms with Crippen LogP contribution in [0, 0.1) is 11.2 Å². The first kappa shape index (κ1) is 22.1. The highest BCUT2D eigenvalue weighted by Crippen LogP contribution is 2.50. The summed E-state index contributed by atoms with van der Waals surface area (Å²) in [5.74, 6) is 0.354. The van der Waals surface area contributed by atoms with Crippen LogP contribution in [-0.4, -0.2) is 24.2 Å². The van der Waals surface area contributed by atoms with Gasteiger partial charge in [-0.05, 0) is 43.3 Å². The number of amides is 1. The number of carbonyl (C=O) groups excluding carboxylic acids is 1. The molecule has 0 spiro atoms. The van der Waals surface area contributed by atoms with Gasteiger partial charge in [-0.2, -0.15) is 0 Å². The lowest BCUT2D eigenvalue weighted by Crippen LogP contribution is -2.74. The Kier molecular flexibility index (Phi) is 6.70. The zero-order chi connectivity index (χ0) is 19.7. The quantitative estimate of drug-likeness (QED) is 0.737. The van der Waals surface area contributed by atoms with Crippen LogP contribution in [0.3, 0.4) is 0 Å². The second-order valence-corrected chi connectivity index (χ2v) is 7.38. The summed E-state index contributed by atoms with van der Waals surface area (Å²) in [6, 6.07) is 12.8. The van der Waals surface area contributed by atoms with Crippen molar-refractivity contribution < 1.29 is 18.7 Å². The van der Waals surface area contributed by atoms with Crippen molar-refractivity contribution in [3.63, 3.8) is 0 Å². The van der Waals surface area contributed by atoms with Crippen LogP contribution in [0.5, 0.6) is 11.5 Å². The fraction of sp³-hybridized carbons (Fsp3) is 0.381. The third kappa shape index (κ3) is 4.14. The van der Waals surface area contributed by atoms with Crippen LogP contribution >= 0.6 is 12.4 Å². The summed E-state index contributed by atoms with van der Waals surface area (Å²) in [5.41, 5.74) is 5.57. The van der Waals surface area contributed by atoms with E-state index in [9.17, 15) is 9.18 Å². The molecule has 1 saturated carbocycles. The van der Waals surface area contributed by atoms with Gasteiger partial charge in [0.05, 0.1) is 6.10 Å². The third-order valence-electron chi connectivity index (χ3n) is 5.38. The summed E-state index contributed by atoms with van der Waals surface area (Å²) in [5, 5.41) is 2.87. The molecule has 2 aromatic rings. The summed E-state index contributed by atoms with van der Waals surface area (Å²) >= 11 is 0. The molecule has 0 aromatic heterocycles.